The molecule has 0 saturated carbocycles. The molecule has 0 heterocycles. The van der Waals surface area contributed by atoms with Gasteiger partial charge in [-0.25, -0.2) is 8.78 Å². The number of halogens is 3. The van der Waals surface area contributed by atoms with Gasteiger partial charge in [-0.1, -0.05) is 0 Å². The van der Waals surface area contributed by atoms with Crippen LogP contribution in [-0.2, 0) is 6.42 Å². The zero-order valence-corrected chi connectivity index (χ0v) is 10.1. The number of nitrogens with two attached hydrogens (primary N) is 1. The molecule has 1 atom stereocenters. The van der Waals surface area contributed by atoms with Crippen LogP contribution in [0.3, 0.4) is 0 Å². The van der Waals surface area contributed by atoms with Gasteiger partial charge >= 0.3 is 0 Å². The minimum atomic E-state index is -0.904. The second-order valence-corrected chi connectivity index (χ2v) is 4.20. The van der Waals surface area contributed by atoms with E-state index in [1.165, 1.54) is 7.11 Å². The van der Waals surface area contributed by atoms with Gasteiger partial charge in [0.2, 0.25) is 0 Å². The van der Waals surface area contributed by atoms with Gasteiger partial charge < -0.3 is 10.5 Å². The van der Waals surface area contributed by atoms with Gasteiger partial charge in [-0.15, -0.1) is 0 Å². The van der Waals surface area contributed by atoms with Crippen molar-refractivity contribution < 1.29 is 13.5 Å². The van der Waals surface area contributed by atoms with Crippen molar-refractivity contribution in [3.63, 3.8) is 0 Å². The summed E-state index contributed by atoms with van der Waals surface area (Å²) in [6, 6.07) is 0.779. The van der Waals surface area contributed by atoms with Crippen molar-refractivity contribution in [3.05, 3.63) is 27.7 Å². The van der Waals surface area contributed by atoms with Crippen LogP contribution in [0.2, 0.25) is 0 Å². The first-order valence-electron chi connectivity index (χ1n) is 4.43. The number of ether oxygens (including phenoxy) is 1. The van der Waals surface area contributed by atoms with Gasteiger partial charge in [0, 0.05) is 11.6 Å². The molecule has 0 spiro atoms. The zero-order valence-electron chi connectivity index (χ0n) is 8.48. The fourth-order valence-electron chi connectivity index (χ4n) is 1.35. The molecule has 1 aromatic carbocycles. The average molecular weight is 280 g/mol. The Morgan fingerprint density at radius 3 is 2.60 bits per heavy atom. The van der Waals surface area contributed by atoms with Crippen LogP contribution in [0.5, 0.6) is 5.75 Å². The molecule has 15 heavy (non-hydrogen) atoms. The normalized spacial score (nSPS) is 12.7. The van der Waals surface area contributed by atoms with Gasteiger partial charge in [0.15, 0.2) is 11.6 Å². The van der Waals surface area contributed by atoms with Crippen LogP contribution in [0, 0.1) is 11.6 Å². The van der Waals surface area contributed by atoms with Crippen molar-refractivity contribution >= 4 is 15.9 Å². The molecule has 2 nitrogen and oxygen atoms in total. The Balaban J connectivity index is 3.30. The van der Waals surface area contributed by atoms with Gasteiger partial charge in [-0.2, -0.15) is 0 Å². The fraction of sp³-hybridized carbons (Fsp3) is 0.400. The first-order valence-corrected chi connectivity index (χ1v) is 5.22. The van der Waals surface area contributed by atoms with E-state index in [1.807, 2.05) is 0 Å². The summed E-state index contributed by atoms with van der Waals surface area (Å²) in [5.74, 6) is -1.50. The number of hydrogen-bond donors (Lipinski definition) is 1. The standard InChI is InChI=1S/C10H12BrF2NO/c1-5(14)3-6-9(13)8(12)4-7(11)10(6)15-2/h4-5H,3,14H2,1-2H3. The molecule has 0 aliphatic carbocycles. The first-order chi connectivity index (χ1) is 6.97. The van der Waals surface area contributed by atoms with Crippen molar-refractivity contribution in [3.8, 4) is 5.75 Å². The van der Waals surface area contributed by atoms with E-state index in [0.29, 0.717) is 10.2 Å². The number of methoxy groups -OCH3 is 1. The molecule has 1 unspecified atom stereocenters. The van der Waals surface area contributed by atoms with Gasteiger partial charge in [0.1, 0.15) is 5.75 Å². The molecule has 0 bridgehead atoms. The van der Waals surface area contributed by atoms with Crippen LogP contribution in [0.15, 0.2) is 10.5 Å². The fourth-order valence-corrected chi connectivity index (χ4v) is 1.96. The van der Waals surface area contributed by atoms with E-state index in [1.54, 1.807) is 6.92 Å². The molecular weight excluding hydrogens is 268 g/mol. The van der Waals surface area contributed by atoms with Crippen LogP contribution >= 0.6 is 15.9 Å². The maximum Gasteiger partial charge on any atom is 0.165 e. The Kier molecular flexibility index (Phi) is 4.04. The van der Waals surface area contributed by atoms with E-state index in [-0.39, 0.29) is 18.0 Å². The zero-order chi connectivity index (χ0) is 11.6. The topological polar surface area (TPSA) is 35.2 Å². The molecular formula is C10H12BrF2NO. The molecule has 0 amide bonds. The number of rotatable bonds is 3. The summed E-state index contributed by atoms with van der Waals surface area (Å²) in [6.07, 6.45) is 0.228. The highest BCUT2D eigenvalue weighted by molar-refractivity contribution is 9.10. The Morgan fingerprint density at radius 1 is 1.53 bits per heavy atom. The lowest BCUT2D eigenvalue weighted by atomic mass is 10.1. The van der Waals surface area contributed by atoms with Crippen LogP contribution in [-0.4, -0.2) is 13.2 Å². The maximum absolute atomic E-state index is 13.5. The quantitative estimate of drug-likeness (QED) is 0.864. The monoisotopic (exact) mass is 279 g/mol. The Morgan fingerprint density at radius 2 is 2.13 bits per heavy atom. The lowest BCUT2D eigenvalue weighted by Gasteiger charge is -2.13. The van der Waals surface area contributed by atoms with Crippen molar-refractivity contribution in [1.29, 1.82) is 0 Å². The van der Waals surface area contributed by atoms with Gasteiger partial charge in [-0.3, -0.25) is 0 Å². The molecule has 0 aliphatic rings. The highest BCUT2D eigenvalue weighted by Crippen LogP contribution is 2.33. The molecule has 0 saturated heterocycles. The summed E-state index contributed by atoms with van der Waals surface area (Å²) in [5, 5.41) is 0. The van der Waals surface area contributed by atoms with Crippen molar-refractivity contribution in [2.45, 2.75) is 19.4 Å². The highest BCUT2D eigenvalue weighted by Gasteiger charge is 2.18. The van der Waals surface area contributed by atoms with Crippen LogP contribution < -0.4 is 10.5 Å². The van der Waals surface area contributed by atoms with E-state index >= 15 is 0 Å². The summed E-state index contributed by atoms with van der Waals surface area (Å²) in [5.41, 5.74) is 5.72. The van der Waals surface area contributed by atoms with Crippen molar-refractivity contribution in [2.75, 3.05) is 7.11 Å². The Hall–Kier alpha value is -0.680. The van der Waals surface area contributed by atoms with E-state index < -0.39 is 11.6 Å². The molecule has 0 radical (unpaired) electrons. The number of benzene rings is 1. The minimum Gasteiger partial charge on any atom is -0.495 e. The van der Waals surface area contributed by atoms with E-state index in [0.717, 1.165) is 6.07 Å². The third kappa shape index (κ3) is 2.66. The molecule has 2 N–H and O–H groups in total. The van der Waals surface area contributed by atoms with Gasteiger partial charge in [-0.05, 0) is 35.3 Å². The molecule has 0 aliphatic heterocycles. The molecule has 1 rings (SSSR count). The molecule has 0 aromatic heterocycles. The highest BCUT2D eigenvalue weighted by atomic mass is 79.9. The molecule has 84 valence electrons. The molecule has 5 heteroatoms. The summed E-state index contributed by atoms with van der Waals surface area (Å²) in [7, 11) is 1.40. The van der Waals surface area contributed by atoms with E-state index in [2.05, 4.69) is 15.9 Å². The summed E-state index contributed by atoms with van der Waals surface area (Å²) in [6.45, 7) is 1.72. The lowest BCUT2D eigenvalue weighted by Crippen LogP contribution is -2.19. The van der Waals surface area contributed by atoms with E-state index in [9.17, 15) is 8.78 Å². The number of hydrogen-bond acceptors (Lipinski definition) is 2. The predicted molar refractivity (Wildman–Crippen MR) is 58.0 cm³/mol. The molecule has 1 aromatic rings. The van der Waals surface area contributed by atoms with Crippen molar-refractivity contribution in [2.24, 2.45) is 5.73 Å². The Labute approximate surface area is 95.5 Å². The van der Waals surface area contributed by atoms with Crippen molar-refractivity contribution in [1.82, 2.24) is 0 Å². The first kappa shape index (κ1) is 12.4. The largest absolute Gasteiger partial charge is 0.495 e. The second kappa shape index (κ2) is 4.90. The lowest BCUT2D eigenvalue weighted by molar-refractivity contribution is 0.393. The third-order valence-electron chi connectivity index (χ3n) is 1.95. The SMILES string of the molecule is COc1c(Br)cc(F)c(F)c1CC(C)N. The maximum atomic E-state index is 13.5. The predicted octanol–water partition coefficient (Wildman–Crippen LogP) is 2.63. The summed E-state index contributed by atoms with van der Waals surface area (Å²) in [4.78, 5) is 0. The summed E-state index contributed by atoms with van der Waals surface area (Å²) >= 11 is 3.11. The third-order valence-corrected chi connectivity index (χ3v) is 2.54. The molecule has 0 fully saturated rings. The van der Waals surface area contributed by atoms with Gasteiger partial charge in [0.05, 0.1) is 11.6 Å². The van der Waals surface area contributed by atoms with Crippen LogP contribution in [0.4, 0.5) is 8.78 Å². The van der Waals surface area contributed by atoms with E-state index in [4.69, 9.17) is 10.5 Å². The van der Waals surface area contributed by atoms with Crippen LogP contribution in [0.1, 0.15) is 12.5 Å². The average Bonchev–Trinajstić information content (AvgIpc) is 2.13. The van der Waals surface area contributed by atoms with Gasteiger partial charge in [0.25, 0.3) is 0 Å². The Bertz CT molecular complexity index is 369. The smallest absolute Gasteiger partial charge is 0.165 e. The second-order valence-electron chi connectivity index (χ2n) is 3.35. The summed E-state index contributed by atoms with van der Waals surface area (Å²) < 4.78 is 32.0. The van der Waals surface area contributed by atoms with Crippen LogP contribution in [0.25, 0.3) is 0 Å². The minimum absolute atomic E-state index is 0.166.